The highest BCUT2D eigenvalue weighted by Crippen LogP contribution is 2.28. The molecule has 0 bridgehead atoms. The number of aromatic nitrogens is 2. The Morgan fingerprint density at radius 1 is 1.00 bits per heavy atom. The zero-order valence-corrected chi connectivity index (χ0v) is 16.2. The van der Waals surface area contributed by atoms with E-state index in [2.05, 4.69) is 15.5 Å². The van der Waals surface area contributed by atoms with Crippen LogP contribution in [0.25, 0.3) is 11.5 Å². The number of nitrogens with zero attached hydrogens (tertiary/aromatic N) is 3. The minimum Gasteiger partial charge on any atom is -0.403 e. The molecule has 2 aromatic carbocycles. The Balaban J connectivity index is 1.53. The van der Waals surface area contributed by atoms with Crippen LogP contribution in [-0.2, 0) is 9.59 Å². The van der Waals surface area contributed by atoms with Gasteiger partial charge in [0.05, 0.1) is 5.69 Å². The van der Waals surface area contributed by atoms with E-state index in [4.69, 9.17) is 27.6 Å². The highest BCUT2D eigenvalue weighted by Gasteiger charge is 2.30. The van der Waals surface area contributed by atoms with Crippen LogP contribution in [0.15, 0.2) is 46.9 Å². The molecule has 1 fully saturated rings. The van der Waals surface area contributed by atoms with E-state index in [-0.39, 0.29) is 42.1 Å². The second-order valence-corrected chi connectivity index (χ2v) is 7.07. The Labute approximate surface area is 174 Å². The van der Waals surface area contributed by atoms with Gasteiger partial charge in [-0.15, -0.1) is 5.10 Å². The van der Waals surface area contributed by atoms with Gasteiger partial charge < -0.3 is 4.42 Å². The van der Waals surface area contributed by atoms with Gasteiger partial charge in [0.25, 0.3) is 5.91 Å². The lowest BCUT2D eigenvalue weighted by Crippen LogP contribution is -2.28. The monoisotopic (exact) mass is 430 g/mol. The summed E-state index contributed by atoms with van der Waals surface area (Å²) in [5.74, 6) is -0.999. The van der Waals surface area contributed by atoms with Gasteiger partial charge in [-0.3, -0.25) is 24.6 Å². The summed E-state index contributed by atoms with van der Waals surface area (Å²) < 4.78 is 5.45. The van der Waals surface area contributed by atoms with Crippen molar-refractivity contribution in [3.05, 3.63) is 58.1 Å². The summed E-state index contributed by atoms with van der Waals surface area (Å²) in [5, 5.41) is 10.9. The molecule has 1 aliphatic rings. The third kappa shape index (κ3) is 3.98. The number of hydrogen-bond acceptors (Lipinski definition) is 6. The smallest absolute Gasteiger partial charge is 0.322 e. The molecule has 0 aliphatic carbocycles. The Morgan fingerprint density at radius 3 is 2.38 bits per heavy atom. The van der Waals surface area contributed by atoms with Crippen LogP contribution in [0, 0.1) is 0 Å². The van der Waals surface area contributed by atoms with Gasteiger partial charge in [0.1, 0.15) is 0 Å². The molecule has 0 radical (unpaired) electrons. The summed E-state index contributed by atoms with van der Waals surface area (Å²) in [5.41, 5.74) is 1.06. The van der Waals surface area contributed by atoms with Crippen molar-refractivity contribution in [3.63, 3.8) is 0 Å². The number of nitrogens with one attached hydrogen (secondary N) is 1. The number of anilines is 2. The van der Waals surface area contributed by atoms with E-state index < -0.39 is 5.91 Å². The summed E-state index contributed by atoms with van der Waals surface area (Å²) >= 11 is 11.9. The first-order chi connectivity index (χ1) is 13.9. The van der Waals surface area contributed by atoms with E-state index in [1.165, 1.54) is 12.1 Å². The predicted octanol–water partition coefficient (Wildman–Crippen LogP) is 3.95. The molecule has 1 aromatic heterocycles. The molecule has 4 rings (SSSR count). The molecular formula is C19H12Cl2N4O4. The molecule has 0 saturated carbocycles. The van der Waals surface area contributed by atoms with Gasteiger partial charge in [0.15, 0.2) is 0 Å². The van der Waals surface area contributed by atoms with E-state index in [1.54, 1.807) is 30.3 Å². The maximum Gasteiger partial charge on any atom is 0.322 e. The van der Waals surface area contributed by atoms with Gasteiger partial charge in [-0.2, -0.15) is 0 Å². The molecule has 1 aliphatic heterocycles. The molecule has 10 heteroatoms. The van der Waals surface area contributed by atoms with Gasteiger partial charge >= 0.3 is 6.01 Å². The summed E-state index contributed by atoms with van der Waals surface area (Å²) in [6.07, 6.45) is 0.321. The third-order valence-corrected chi connectivity index (χ3v) is 4.61. The number of imide groups is 1. The largest absolute Gasteiger partial charge is 0.403 e. The number of benzene rings is 2. The van der Waals surface area contributed by atoms with Crippen LogP contribution in [-0.4, -0.2) is 27.9 Å². The standard InChI is InChI=1S/C19H12Cl2N4O4/c20-12-6-11(7-13(21)9-12)18-23-24-19(29-18)22-17(28)10-2-1-3-14(8-10)25-15(26)4-5-16(25)27/h1-3,6-9H,4-5H2,(H,22,24,28). The molecule has 3 aromatic rings. The number of halogens is 2. The molecule has 3 amide bonds. The third-order valence-electron chi connectivity index (χ3n) is 4.17. The first-order valence-corrected chi connectivity index (χ1v) is 9.23. The molecule has 1 saturated heterocycles. The SMILES string of the molecule is O=C(Nc1nnc(-c2cc(Cl)cc(Cl)c2)o1)c1cccc(N2C(=O)CCC2=O)c1. The predicted molar refractivity (Wildman–Crippen MR) is 106 cm³/mol. The van der Waals surface area contributed by atoms with Crippen molar-refractivity contribution in [2.45, 2.75) is 12.8 Å². The summed E-state index contributed by atoms with van der Waals surface area (Å²) in [4.78, 5) is 37.4. The summed E-state index contributed by atoms with van der Waals surface area (Å²) in [6.45, 7) is 0. The minimum absolute atomic E-state index is 0.125. The van der Waals surface area contributed by atoms with Crippen LogP contribution in [0.5, 0.6) is 0 Å². The van der Waals surface area contributed by atoms with Gasteiger partial charge in [-0.1, -0.05) is 34.4 Å². The lowest BCUT2D eigenvalue weighted by Gasteiger charge is -2.14. The van der Waals surface area contributed by atoms with Gasteiger partial charge in [0.2, 0.25) is 17.7 Å². The average molecular weight is 431 g/mol. The van der Waals surface area contributed by atoms with Crippen molar-refractivity contribution < 1.29 is 18.8 Å². The van der Waals surface area contributed by atoms with Crippen LogP contribution >= 0.6 is 23.2 Å². The second-order valence-electron chi connectivity index (χ2n) is 6.20. The maximum absolute atomic E-state index is 12.5. The number of hydrogen-bond donors (Lipinski definition) is 1. The normalized spacial score (nSPS) is 13.8. The number of carbonyl (C=O) groups is 3. The number of amides is 3. The number of carbonyl (C=O) groups excluding carboxylic acids is 3. The van der Waals surface area contributed by atoms with Crippen molar-refractivity contribution in [3.8, 4) is 11.5 Å². The summed E-state index contributed by atoms with van der Waals surface area (Å²) in [7, 11) is 0. The first kappa shape index (κ1) is 19.1. The highest BCUT2D eigenvalue weighted by atomic mass is 35.5. The quantitative estimate of drug-likeness (QED) is 0.628. The van der Waals surface area contributed by atoms with E-state index >= 15 is 0 Å². The molecule has 8 nitrogen and oxygen atoms in total. The van der Waals surface area contributed by atoms with E-state index in [0.29, 0.717) is 21.3 Å². The van der Waals surface area contributed by atoms with Crippen LogP contribution < -0.4 is 10.2 Å². The van der Waals surface area contributed by atoms with Crippen molar-refractivity contribution in [1.29, 1.82) is 0 Å². The fourth-order valence-electron chi connectivity index (χ4n) is 2.89. The Morgan fingerprint density at radius 2 is 1.69 bits per heavy atom. The zero-order valence-electron chi connectivity index (χ0n) is 14.7. The van der Waals surface area contributed by atoms with Gasteiger partial charge in [0, 0.05) is 34.0 Å². The molecule has 0 unspecified atom stereocenters. The van der Waals surface area contributed by atoms with Crippen LogP contribution in [0.4, 0.5) is 11.7 Å². The fourth-order valence-corrected chi connectivity index (χ4v) is 3.41. The minimum atomic E-state index is -0.537. The molecule has 146 valence electrons. The lowest BCUT2D eigenvalue weighted by atomic mass is 10.2. The maximum atomic E-state index is 12.5. The van der Waals surface area contributed by atoms with E-state index in [9.17, 15) is 14.4 Å². The molecule has 0 atom stereocenters. The highest BCUT2D eigenvalue weighted by molar-refractivity contribution is 6.35. The van der Waals surface area contributed by atoms with Crippen LogP contribution in [0.2, 0.25) is 10.0 Å². The first-order valence-electron chi connectivity index (χ1n) is 8.48. The molecule has 1 N–H and O–H groups in total. The lowest BCUT2D eigenvalue weighted by molar-refractivity contribution is -0.121. The van der Waals surface area contributed by atoms with Crippen LogP contribution in [0.3, 0.4) is 0 Å². The molecular weight excluding hydrogens is 419 g/mol. The van der Waals surface area contributed by atoms with Crippen molar-refractivity contribution >= 4 is 52.6 Å². The van der Waals surface area contributed by atoms with Gasteiger partial charge in [-0.05, 0) is 36.4 Å². The van der Waals surface area contributed by atoms with Crippen LogP contribution in [0.1, 0.15) is 23.2 Å². The van der Waals surface area contributed by atoms with Crippen molar-refractivity contribution in [2.75, 3.05) is 10.2 Å². The molecule has 0 spiro atoms. The van der Waals surface area contributed by atoms with E-state index in [1.807, 2.05) is 0 Å². The van der Waals surface area contributed by atoms with Crippen molar-refractivity contribution in [1.82, 2.24) is 10.2 Å². The average Bonchev–Trinajstić information content (AvgIpc) is 3.27. The Hall–Kier alpha value is -3.23. The molecule has 2 heterocycles. The fraction of sp³-hybridized carbons (Fsp3) is 0.105. The molecule has 29 heavy (non-hydrogen) atoms. The Bertz CT molecular complexity index is 1110. The Kier molecular flexibility index (Phi) is 5.04. The topological polar surface area (TPSA) is 105 Å². The zero-order chi connectivity index (χ0) is 20.5. The number of rotatable bonds is 4. The van der Waals surface area contributed by atoms with Gasteiger partial charge in [-0.25, -0.2) is 0 Å². The van der Waals surface area contributed by atoms with E-state index in [0.717, 1.165) is 4.90 Å². The van der Waals surface area contributed by atoms with Crippen molar-refractivity contribution in [2.24, 2.45) is 0 Å². The second kappa shape index (κ2) is 7.65. The summed E-state index contributed by atoms with van der Waals surface area (Å²) in [6, 6.07) is 10.8.